The third-order valence-electron chi connectivity index (χ3n) is 2.65. The Labute approximate surface area is 106 Å². The summed E-state index contributed by atoms with van der Waals surface area (Å²) in [6.45, 7) is 5.20. The maximum absolute atomic E-state index is 11.5. The lowest BCUT2D eigenvalue weighted by Crippen LogP contribution is -2.51. The number of hydrogen-bond donors (Lipinski definition) is 4. The normalized spacial score (nSPS) is 15.3. The third-order valence-corrected chi connectivity index (χ3v) is 2.65. The van der Waals surface area contributed by atoms with E-state index in [9.17, 15) is 14.4 Å². The van der Waals surface area contributed by atoms with Crippen LogP contribution in [0.3, 0.4) is 0 Å². The zero-order chi connectivity index (χ0) is 14.3. The molecule has 0 aromatic carbocycles. The second-order valence-electron chi connectivity index (χ2n) is 4.39. The van der Waals surface area contributed by atoms with Gasteiger partial charge in [-0.05, 0) is 12.8 Å². The highest BCUT2D eigenvalue weighted by Gasteiger charge is 2.25. The molecule has 18 heavy (non-hydrogen) atoms. The van der Waals surface area contributed by atoms with Crippen molar-refractivity contribution in [3.05, 3.63) is 0 Å². The van der Waals surface area contributed by atoms with Gasteiger partial charge in [0.15, 0.2) is 0 Å². The lowest BCUT2D eigenvalue weighted by molar-refractivity contribution is -0.140. The number of hydrogen-bond acceptors (Lipinski definition) is 3. The van der Waals surface area contributed by atoms with Gasteiger partial charge < -0.3 is 21.5 Å². The van der Waals surface area contributed by atoms with Crippen LogP contribution in [0, 0.1) is 5.92 Å². The molecule has 0 saturated carbocycles. The van der Waals surface area contributed by atoms with Crippen LogP contribution in [0.1, 0.15) is 33.6 Å². The molecule has 3 amide bonds. The number of amides is 3. The largest absolute Gasteiger partial charge is 0.480 e. The van der Waals surface area contributed by atoms with Gasteiger partial charge in [0.25, 0.3) is 0 Å². The Hall–Kier alpha value is -1.79. The summed E-state index contributed by atoms with van der Waals surface area (Å²) in [5, 5.41) is 13.8. The van der Waals surface area contributed by atoms with Gasteiger partial charge in [-0.25, -0.2) is 9.59 Å². The molecule has 0 aliphatic carbocycles. The van der Waals surface area contributed by atoms with E-state index in [0.717, 1.165) is 0 Å². The Morgan fingerprint density at radius 3 is 2.17 bits per heavy atom. The fourth-order valence-corrected chi connectivity index (χ4v) is 1.44. The highest BCUT2D eigenvalue weighted by molar-refractivity contribution is 5.83. The van der Waals surface area contributed by atoms with Crippen LogP contribution in [0.15, 0.2) is 0 Å². The fourth-order valence-electron chi connectivity index (χ4n) is 1.44. The number of nitrogens with two attached hydrogens (primary N) is 1. The number of urea groups is 1. The van der Waals surface area contributed by atoms with Gasteiger partial charge in [0.05, 0.1) is 0 Å². The Morgan fingerprint density at radius 2 is 1.78 bits per heavy atom. The summed E-state index contributed by atoms with van der Waals surface area (Å²) < 4.78 is 0. The van der Waals surface area contributed by atoms with Crippen molar-refractivity contribution in [1.82, 2.24) is 10.6 Å². The van der Waals surface area contributed by atoms with E-state index in [-0.39, 0.29) is 12.3 Å². The SMILES string of the molecule is CC[C@H](C)[C@H](NC(=O)NC(C)CC(N)=O)C(=O)O. The van der Waals surface area contributed by atoms with E-state index in [1.807, 2.05) is 6.92 Å². The maximum atomic E-state index is 11.5. The zero-order valence-corrected chi connectivity index (χ0v) is 10.9. The van der Waals surface area contributed by atoms with E-state index in [0.29, 0.717) is 6.42 Å². The lowest BCUT2D eigenvalue weighted by Gasteiger charge is -2.21. The fraction of sp³-hybridized carbons (Fsp3) is 0.727. The molecule has 0 aromatic heterocycles. The topological polar surface area (TPSA) is 122 Å². The van der Waals surface area contributed by atoms with Crippen molar-refractivity contribution < 1.29 is 19.5 Å². The number of nitrogens with one attached hydrogen (secondary N) is 2. The molecule has 0 saturated heterocycles. The van der Waals surface area contributed by atoms with Crippen molar-refractivity contribution in [3.63, 3.8) is 0 Å². The average molecular weight is 259 g/mol. The third kappa shape index (κ3) is 6.07. The molecule has 104 valence electrons. The van der Waals surface area contributed by atoms with Gasteiger partial charge in [-0.1, -0.05) is 20.3 Å². The van der Waals surface area contributed by atoms with E-state index in [1.165, 1.54) is 0 Å². The smallest absolute Gasteiger partial charge is 0.326 e. The minimum Gasteiger partial charge on any atom is -0.480 e. The molecule has 0 bridgehead atoms. The molecule has 0 radical (unpaired) electrons. The van der Waals surface area contributed by atoms with Crippen molar-refractivity contribution in [2.45, 2.75) is 45.7 Å². The number of carboxylic acids is 1. The van der Waals surface area contributed by atoms with Crippen molar-refractivity contribution in [2.24, 2.45) is 11.7 Å². The molecule has 0 spiro atoms. The number of carbonyl (C=O) groups is 3. The Kier molecular flexibility index (Phi) is 6.77. The second kappa shape index (κ2) is 7.52. The number of aliphatic carboxylic acids is 1. The summed E-state index contributed by atoms with van der Waals surface area (Å²) in [6.07, 6.45) is 0.641. The van der Waals surface area contributed by atoms with E-state index >= 15 is 0 Å². The average Bonchev–Trinajstić information content (AvgIpc) is 2.23. The first-order chi connectivity index (χ1) is 8.27. The minimum absolute atomic E-state index is 0.00842. The Bertz CT molecular complexity index is 319. The van der Waals surface area contributed by atoms with E-state index < -0.39 is 30.0 Å². The van der Waals surface area contributed by atoms with Crippen molar-refractivity contribution in [3.8, 4) is 0 Å². The number of primary amides is 1. The van der Waals surface area contributed by atoms with Crippen LogP contribution in [0.25, 0.3) is 0 Å². The molecule has 0 heterocycles. The second-order valence-corrected chi connectivity index (χ2v) is 4.39. The molecule has 0 rings (SSSR count). The van der Waals surface area contributed by atoms with Gasteiger partial charge in [-0.2, -0.15) is 0 Å². The minimum atomic E-state index is -1.08. The Morgan fingerprint density at radius 1 is 1.22 bits per heavy atom. The van der Waals surface area contributed by atoms with Crippen LogP contribution in [-0.2, 0) is 9.59 Å². The van der Waals surface area contributed by atoms with E-state index in [1.54, 1.807) is 13.8 Å². The van der Waals surface area contributed by atoms with Gasteiger partial charge in [-0.3, -0.25) is 4.79 Å². The van der Waals surface area contributed by atoms with Crippen molar-refractivity contribution in [1.29, 1.82) is 0 Å². The van der Waals surface area contributed by atoms with E-state index in [2.05, 4.69) is 10.6 Å². The van der Waals surface area contributed by atoms with Gasteiger partial charge in [0, 0.05) is 12.5 Å². The number of carboxylic acid groups (broad SMARTS) is 1. The van der Waals surface area contributed by atoms with Gasteiger partial charge in [-0.15, -0.1) is 0 Å². The number of carbonyl (C=O) groups excluding carboxylic acids is 2. The predicted octanol–water partition coefficient (Wildman–Crippen LogP) is 0.0488. The van der Waals surface area contributed by atoms with Crippen LogP contribution in [0.2, 0.25) is 0 Å². The molecule has 0 aromatic rings. The highest BCUT2D eigenvalue weighted by Crippen LogP contribution is 2.07. The summed E-state index contributed by atoms with van der Waals surface area (Å²) in [4.78, 5) is 33.1. The van der Waals surface area contributed by atoms with Gasteiger partial charge in [0.2, 0.25) is 5.91 Å². The summed E-state index contributed by atoms with van der Waals surface area (Å²) in [5.41, 5.74) is 4.98. The van der Waals surface area contributed by atoms with E-state index in [4.69, 9.17) is 10.8 Å². The van der Waals surface area contributed by atoms with Crippen LogP contribution >= 0.6 is 0 Å². The Balaban J connectivity index is 4.34. The van der Waals surface area contributed by atoms with Crippen LogP contribution in [-0.4, -0.2) is 35.1 Å². The first-order valence-corrected chi connectivity index (χ1v) is 5.86. The van der Waals surface area contributed by atoms with Crippen LogP contribution in [0.5, 0.6) is 0 Å². The molecule has 0 aliphatic rings. The summed E-state index contributed by atoms with van der Waals surface area (Å²) in [5.74, 6) is -1.79. The standard InChI is InChI=1S/C11H21N3O4/c1-4-6(2)9(10(16)17)14-11(18)13-7(3)5-8(12)15/h6-7,9H,4-5H2,1-3H3,(H2,12,15)(H,16,17)(H2,13,14,18)/t6-,7?,9-/m0/s1. The monoisotopic (exact) mass is 259 g/mol. The van der Waals surface area contributed by atoms with Crippen LogP contribution in [0.4, 0.5) is 4.79 Å². The molecule has 3 atom stereocenters. The molecule has 1 unspecified atom stereocenters. The summed E-state index contributed by atoms with van der Waals surface area (Å²) >= 11 is 0. The first kappa shape index (κ1) is 16.2. The molecule has 5 N–H and O–H groups in total. The summed E-state index contributed by atoms with van der Waals surface area (Å²) in [7, 11) is 0. The molecule has 7 heteroatoms. The van der Waals surface area contributed by atoms with Gasteiger partial charge in [0.1, 0.15) is 6.04 Å². The van der Waals surface area contributed by atoms with Gasteiger partial charge >= 0.3 is 12.0 Å². The first-order valence-electron chi connectivity index (χ1n) is 5.86. The predicted molar refractivity (Wildman–Crippen MR) is 65.8 cm³/mol. The molecule has 7 nitrogen and oxygen atoms in total. The molecule has 0 aliphatic heterocycles. The maximum Gasteiger partial charge on any atom is 0.326 e. The molecular formula is C11H21N3O4. The molecular weight excluding hydrogens is 238 g/mol. The number of rotatable bonds is 7. The lowest BCUT2D eigenvalue weighted by atomic mass is 9.99. The highest BCUT2D eigenvalue weighted by atomic mass is 16.4. The van der Waals surface area contributed by atoms with Crippen molar-refractivity contribution >= 4 is 17.9 Å². The zero-order valence-electron chi connectivity index (χ0n) is 10.9. The van der Waals surface area contributed by atoms with Crippen LogP contribution < -0.4 is 16.4 Å². The van der Waals surface area contributed by atoms with Crippen molar-refractivity contribution in [2.75, 3.05) is 0 Å². The quantitative estimate of drug-likeness (QED) is 0.516. The molecule has 0 fully saturated rings. The summed E-state index contributed by atoms with van der Waals surface area (Å²) in [6, 6.07) is -2.00.